The van der Waals surface area contributed by atoms with E-state index in [1.807, 2.05) is 12.4 Å². The van der Waals surface area contributed by atoms with Gasteiger partial charge in [-0.15, -0.1) is 0 Å². The second-order valence-corrected chi connectivity index (χ2v) is 5.99. The zero-order valence-corrected chi connectivity index (χ0v) is 13.0. The topological polar surface area (TPSA) is 21.1 Å². The minimum atomic E-state index is 1.08. The molecule has 1 aliphatic heterocycles. The maximum atomic E-state index is 4.59. The van der Waals surface area contributed by atoms with E-state index in [0.717, 1.165) is 12.2 Å². The average Bonchev–Trinajstić information content (AvgIpc) is 3.15. The van der Waals surface area contributed by atoms with Gasteiger partial charge in [0.2, 0.25) is 0 Å². The second-order valence-electron chi connectivity index (χ2n) is 5.99. The first-order valence-electron chi connectivity index (χ1n) is 8.14. The highest BCUT2D eigenvalue weighted by molar-refractivity contribution is 5.61. The number of aromatic nitrogens is 2. The van der Waals surface area contributed by atoms with Crippen LogP contribution in [0.15, 0.2) is 36.7 Å². The van der Waals surface area contributed by atoms with E-state index >= 15 is 0 Å². The van der Waals surface area contributed by atoms with Gasteiger partial charge in [-0.1, -0.05) is 30.3 Å². The van der Waals surface area contributed by atoms with Gasteiger partial charge >= 0.3 is 0 Å². The fraction of sp³-hybridized carbons (Fsp3) is 0.500. The molecule has 1 aliphatic rings. The van der Waals surface area contributed by atoms with Crippen LogP contribution in [0.5, 0.6) is 0 Å². The van der Waals surface area contributed by atoms with Gasteiger partial charge in [-0.2, -0.15) is 0 Å². The Balaban J connectivity index is 1.53. The number of imidazole rings is 1. The van der Waals surface area contributed by atoms with Crippen molar-refractivity contribution < 1.29 is 0 Å². The molecule has 0 saturated carbocycles. The molecule has 0 amide bonds. The van der Waals surface area contributed by atoms with Crippen LogP contribution in [0.3, 0.4) is 0 Å². The van der Waals surface area contributed by atoms with Crippen molar-refractivity contribution in [2.45, 2.75) is 39.2 Å². The van der Waals surface area contributed by atoms with Crippen LogP contribution < -0.4 is 0 Å². The maximum Gasteiger partial charge on any atom is 0.0955 e. The average molecular weight is 283 g/mol. The van der Waals surface area contributed by atoms with Crippen LogP contribution in [0, 0.1) is 6.92 Å². The highest BCUT2D eigenvalue weighted by atomic mass is 15.1. The van der Waals surface area contributed by atoms with E-state index in [-0.39, 0.29) is 0 Å². The van der Waals surface area contributed by atoms with Crippen LogP contribution in [0.2, 0.25) is 0 Å². The summed E-state index contributed by atoms with van der Waals surface area (Å²) in [5.41, 5.74) is 3.61. The summed E-state index contributed by atoms with van der Waals surface area (Å²) in [5, 5.41) is 0. The number of rotatable bonds is 6. The van der Waals surface area contributed by atoms with E-state index in [1.165, 1.54) is 56.6 Å². The lowest BCUT2D eigenvalue weighted by Crippen LogP contribution is -2.20. The molecule has 0 unspecified atom stereocenters. The monoisotopic (exact) mass is 283 g/mol. The van der Waals surface area contributed by atoms with E-state index < -0.39 is 0 Å². The van der Waals surface area contributed by atoms with E-state index in [1.54, 1.807) is 0 Å². The third-order valence-corrected chi connectivity index (χ3v) is 4.47. The Bertz CT molecular complexity index is 553. The first-order valence-corrected chi connectivity index (χ1v) is 8.14. The Kier molecular flexibility index (Phi) is 4.71. The summed E-state index contributed by atoms with van der Waals surface area (Å²) in [7, 11) is 0. The Morgan fingerprint density at radius 1 is 1.00 bits per heavy atom. The third kappa shape index (κ3) is 3.53. The van der Waals surface area contributed by atoms with Gasteiger partial charge in [0.1, 0.15) is 0 Å². The standard InChI is InChI=1S/C18H25N3/c1-16-18(17-9-3-2-4-10-17)19-15-21(16)14-8-7-13-20-11-5-6-12-20/h2-4,9-10,15H,5-8,11-14H2,1H3. The molecule has 112 valence electrons. The van der Waals surface area contributed by atoms with Crippen molar-refractivity contribution in [1.29, 1.82) is 0 Å². The Morgan fingerprint density at radius 2 is 1.71 bits per heavy atom. The predicted octanol–water partition coefficient (Wildman–Crippen LogP) is 3.73. The number of hydrogen-bond donors (Lipinski definition) is 0. The summed E-state index contributed by atoms with van der Waals surface area (Å²) in [5.74, 6) is 0. The summed E-state index contributed by atoms with van der Waals surface area (Å²) >= 11 is 0. The fourth-order valence-corrected chi connectivity index (χ4v) is 3.17. The van der Waals surface area contributed by atoms with Crippen LogP contribution in [-0.4, -0.2) is 34.1 Å². The molecule has 0 aliphatic carbocycles. The number of aryl methyl sites for hydroxylation is 1. The van der Waals surface area contributed by atoms with Gasteiger partial charge in [-0.3, -0.25) is 0 Å². The van der Waals surface area contributed by atoms with Crippen molar-refractivity contribution >= 4 is 0 Å². The highest BCUT2D eigenvalue weighted by Gasteiger charge is 2.11. The number of benzene rings is 1. The van der Waals surface area contributed by atoms with Gasteiger partial charge in [-0.05, 0) is 52.2 Å². The number of likely N-dealkylation sites (tertiary alicyclic amines) is 1. The van der Waals surface area contributed by atoms with E-state index in [4.69, 9.17) is 0 Å². The zero-order valence-electron chi connectivity index (χ0n) is 13.0. The van der Waals surface area contributed by atoms with Gasteiger partial charge < -0.3 is 9.47 Å². The molecule has 3 rings (SSSR count). The molecule has 1 aromatic carbocycles. The minimum absolute atomic E-state index is 1.08. The van der Waals surface area contributed by atoms with Crippen molar-refractivity contribution in [3.63, 3.8) is 0 Å². The Morgan fingerprint density at radius 3 is 2.48 bits per heavy atom. The molecule has 3 heteroatoms. The first-order chi connectivity index (χ1) is 10.3. The van der Waals surface area contributed by atoms with Gasteiger partial charge in [0.25, 0.3) is 0 Å². The minimum Gasteiger partial charge on any atom is -0.334 e. The number of hydrogen-bond acceptors (Lipinski definition) is 2. The van der Waals surface area contributed by atoms with Crippen molar-refractivity contribution in [2.75, 3.05) is 19.6 Å². The lowest BCUT2D eigenvalue weighted by molar-refractivity contribution is 0.326. The summed E-state index contributed by atoms with van der Waals surface area (Å²) in [4.78, 5) is 7.19. The van der Waals surface area contributed by atoms with Crippen LogP contribution in [0.1, 0.15) is 31.4 Å². The Labute approximate surface area is 127 Å². The van der Waals surface area contributed by atoms with Crippen molar-refractivity contribution in [2.24, 2.45) is 0 Å². The molecule has 2 aromatic rings. The van der Waals surface area contributed by atoms with Crippen molar-refractivity contribution in [1.82, 2.24) is 14.5 Å². The molecular weight excluding hydrogens is 258 g/mol. The molecule has 0 spiro atoms. The lowest BCUT2D eigenvalue weighted by Gasteiger charge is -2.14. The van der Waals surface area contributed by atoms with Gasteiger partial charge in [0.05, 0.1) is 12.0 Å². The number of nitrogens with zero attached hydrogens (tertiary/aromatic N) is 3. The Hall–Kier alpha value is -1.61. The molecule has 21 heavy (non-hydrogen) atoms. The van der Waals surface area contributed by atoms with Crippen molar-refractivity contribution in [3.05, 3.63) is 42.4 Å². The van der Waals surface area contributed by atoms with Crippen molar-refractivity contribution in [3.8, 4) is 11.3 Å². The maximum absolute atomic E-state index is 4.59. The summed E-state index contributed by atoms with van der Waals surface area (Å²) in [6.07, 6.45) is 7.30. The van der Waals surface area contributed by atoms with E-state index in [9.17, 15) is 0 Å². The lowest BCUT2D eigenvalue weighted by atomic mass is 10.1. The molecule has 2 heterocycles. The van der Waals surface area contributed by atoms with E-state index in [2.05, 4.69) is 45.6 Å². The second kappa shape index (κ2) is 6.90. The van der Waals surface area contributed by atoms with Crippen LogP contribution in [0.25, 0.3) is 11.3 Å². The molecule has 1 saturated heterocycles. The molecular formula is C18H25N3. The fourth-order valence-electron chi connectivity index (χ4n) is 3.17. The molecule has 0 radical (unpaired) electrons. The molecule has 1 fully saturated rings. The zero-order chi connectivity index (χ0) is 14.5. The van der Waals surface area contributed by atoms with Gasteiger partial charge in [0, 0.05) is 17.8 Å². The van der Waals surface area contributed by atoms with Gasteiger partial charge in [0.15, 0.2) is 0 Å². The molecule has 0 atom stereocenters. The molecule has 1 aromatic heterocycles. The molecule has 3 nitrogen and oxygen atoms in total. The van der Waals surface area contributed by atoms with Crippen LogP contribution >= 0.6 is 0 Å². The normalized spacial score (nSPS) is 15.7. The SMILES string of the molecule is Cc1c(-c2ccccc2)ncn1CCCCN1CCCC1. The van der Waals surface area contributed by atoms with Crippen LogP contribution in [0.4, 0.5) is 0 Å². The van der Waals surface area contributed by atoms with E-state index in [0.29, 0.717) is 0 Å². The smallest absolute Gasteiger partial charge is 0.0955 e. The molecule has 0 bridgehead atoms. The van der Waals surface area contributed by atoms with Crippen LogP contribution in [-0.2, 0) is 6.54 Å². The highest BCUT2D eigenvalue weighted by Crippen LogP contribution is 2.21. The summed E-state index contributed by atoms with van der Waals surface area (Å²) in [6.45, 7) is 7.14. The third-order valence-electron chi connectivity index (χ3n) is 4.47. The van der Waals surface area contributed by atoms with Gasteiger partial charge in [-0.25, -0.2) is 4.98 Å². The molecule has 0 N–H and O–H groups in total. The first kappa shape index (κ1) is 14.3. The summed E-state index contributed by atoms with van der Waals surface area (Å²) in [6, 6.07) is 10.5. The predicted molar refractivity (Wildman–Crippen MR) is 87.3 cm³/mol. The largest absolute Gasteiger partial charge is 0.334 e. The summed E-state index contributed by atoms with van der Waals surface area (Å²) < 4.78 is 2.30. The number of unbranched alkanes of at least 4 members (excludes halogenated alkanes) is 1. The quantitative estimate of drug-likeness (QED) is 0.753.